The number of carbonyl (C=O) groups is 1. The van der Waals surface area contributed by atoms with E-state index >= 15 is 0 Å². The number of nitrogens with two attached hydrogens (primary N) is 1. The topological polar surface area (TPSA) is 64.3 Å². The van der Waals surface area contributed by atoms with Crippen LogP contribution in [-0.4, -0.2) is 18.6 Å². The molecule has 0 radical (unpaired) electrons. The molecule has 1 atom stereocenters. The lowest BCUT2D eigenvalue weighted by atomic mass is 10.2. The highest BCUT2D eigenvalue weighted by atomic mass is 16.5. The SMILES string of the molecule is C#CC(CCC)NC(=O)COc1ccccc1N. The number of amides is 1. The third-order valence-corrected chi connectivity index (χ3v) is 2.39. The zero-order chi connectivity index (χ0) is 13.4. The van der Waals surface area contributed by atoms with Crippen LogP contribution in [0.4, 0.5) is 5.69 Å². The Morgan fingerprint density at radius 2 is 2.28 bits per heavy atom. The third-order valence-electron chi connectivity index (χ3n) is 2.39. The molecule has 0 saturated carbocycles. The van der Waals surface area contributed by atoms with Crippen molar-refractivity contribution in [3.63, 3.8) is 0 Å². The zero-order valence-electron chi connectivity index (χ0n) is 10.5. The van der Waals surface area contributed by atoms with Crippen LogP contribution in [-0.2, 0) is 4.79 Å². The summed E-state index contributed by atoms with van der Waals surface area (Å²) in [6.07, 6.45) is 6.99. The molecule has 1 unspecified atom stereocenters. The molecular weight excluding hydrogens is 228 g/mol. The molecule has 0 spiro atoms. The summed E-state index contributed by atoms with van der Waals surface area (Å²) in [5, 5.41) is 2.72. The highest BCUT2D eigenvalue weighted by Gasteiger charge is 2.09. The van der Waals surface area contributed by atoms with E-state index in [4.69, 9.17) is 16.9 Å². The maximum absolute atomic E-state index is 11.6. The number of nitrogens with one attached hydrogen (secondary N) is 1. The van der Waals surface area contributed by atoms with Crippen LogP contribution >= 0.6 is 0 Å². The Bertz CT molecular complexity index is 438. The quantitative estimate of drug-likeness (QED) is 0.591. The summed E-state index contributed by atoms with van der Waals surface area (Å²) in [5.74, 6) is 2.79. The fourth-order valence-corrected chi connectivity index (χ4v) is 1.48. The number of nitrogen functional groups attached to an aromatic ring is 1. The summed E-state index contributed by atoms with van der Waals surface area (Å²) < 4.78 is 5.32. The van der Waals surface area contributed by atoms with Crippen molar-refractivity contribution in [3.05, 3.63) is 24.3 Å². The molecule has 0 aliphatic heterocycles. The molecule has 1 amide bonds. The first-order valence-electron chi connectivity index (χ1n) is 5.90. The Hall–Kier alpha value is -2.15. The smallest absolute Gasteiger partial charge is 0.258 e. The maximum atomic E-state index is 11.6. The van der Waals surface area contributed by atoms with E-state index in [1.165, 1.54) is 0 Å². The molecule has 4 heteroatoms. The fraction of sp³-hybridized carbons (Fsp3) is 0.357. The van der Waals surface area contributed by atoms with Gasteiger partial charge in [0.2, 0.25) is 0 Å². The highest BCUT2D eigenvalue weighted by molar-refractivity contribution is 5.78. The number of rotatable bonds is 6. The van der Waals surface area contributed by atoms with Gasteiger partial charge in [0.25, 0.3) is 5.91 Å². The standard InChI is InChI=1S/C14H18N2O2/c1-3-7-11(4-2)16-14(17)10-18-13-9-6-5-8-12(13)15/h2,5-6,8-9,11H,3,7,10,15H2,1H3,(H,16,17). The average molecular weight is 246 g/mol. The third kappa shape index (κ3) is 4.38. The number of para-hydroxylation sites is 2. The van der Waals surface area contributed by atoms with E-state index in [9.17, 15) is 4.79 Å². The van der Waals surface area contributed by atoms with E-state index in [0.29, 0.717) is 11.4 Å². The van der Waals surface area contributed by atoms with Crippen molar-refractivity contribution in [2.45, 2.75) is 25.8 Å². The van der Waals surface area contributed by atoms with Gasteiger partial charge in [-0.3, -0.25) is 4.79 Å². The molecule has 3 N–H and O–H groups in total. The second kappa shape index (κ2) is 7.23. The minimum atomic E-state index is -0.241. The van der Waals surface area contributed by atoms with Crippen LogP contribution in [0.15, 0.2) is 24.3 Å². The predicted molar refractivity (Wildman–Crippen MR) is 72.0 cm³/mol. The minimum Gasteiger partial charge on any atom is -0.482 e. The molecule has 1 aromatic carbocycles. The van der Waals surface area contributed by atoms with Gasteiger partial charge in [-0.1, -0.05) is 31.4 Å². The van der Waals surface area contributed by atoms with E-state index in [1.54, 1.807) is 24.3 Å². The number of hydrogen-bond acceptors (Lipinski definition) is 3. The molecule has 0 bridgehead atoms. The number of ether oxygens (including phenoxy) is 1. The normalized spacial score (nSPS) is 11.3. The molecule has 0 fully saturated rings. The van der Waals surface area contributed by atoms with Crippen LogP contribution in [0, 0.1) is 12.3 Å². The van der Waals surface area contributed by atoms with Crippen molar-refractivity contribution in [1.82, 2.24) is 5.32 Å². The van der Waals surface area contributed by atoms with E-state index in [-0.39, 0.29) is 18.6 Å². The molecule has 1 rings (SSSR count). The summed E-state index contributed by atoms with van der Waals surface area (Å²) in [5.41, 5.74) is 6.20. The van der Waals surface area contributed by atoms with Crippen molar-refractivity contribution in [2.75, 3.05) is 12.3 Å². The fourth-order valence-electron chi connectivity index (χ4n) is 1.48. The van der Waals surface area contributed by atoms with Gasteiger partial charge in [0.05, 0.1) is 11.7 Å². The second-order valence-electron chi connectivity index (χ2n) is 3.90. The molecule has 1 aromatic rings. The Kier molecular flexibility index (Phi) is 5.59. The first-order chi connectivity index (χ1) is 8.67. The Labute approximate surface area is 108 Å². The number of anilines is 1. The van der Waals surface area contributed by atoms with Crippen LogP contribution < -0.4 is 15.8 Å². The number of terminal acetylenes is 1. The summed E-state index contributed by atoms with van der Waals surface area (Å²) in [6.45, 7) is 1.92. The molecule has 0 saturated heterocycles. The zero-order valence-corrected chi connectivity index (χ0v) is 10.5. The van der Waals surface area contributed by atoms with Crippen LogP contribution in [0.1, 0.15) is 19.8 Å². The van der Waals surface area contributed by atoms with Gasteiger partial charge in [-0.05, 0) is 18.6 Å². The van der Waals surface area contributed by atoms with Gasteiger partial charge in [0.15, 0.2) is 6.61 Å². The molecule has 0 heterocycles. The van der Waals surface area contributed by atoms with E-state index < -0.39 is 0 Å². The molecular formula is C14H18N2O2. The first-order valence-corrected chi connectivity index (χ1v) is 5.90. The second-order valence-corrected chi connectivity index (χ2v) is 3.90. The lowest BCUT2D eigenvalue weighted by Crippen LogP contribution is -2.37. The van der Waals surface area contributed by atoms with E-state index in [1.807, 2.05) is 6.92 Å². The summed E-state index contributed by atoms with van der Waals surface area (Å²) in [6, 6.07) is 6.80. The monoisotopic (exact) mass is 246 g/mol. The molecule has 18 heavy (non-hydrogen) atoms. The first kappa shape index (κ1) is 13.9. The molecule has 0 aliphatic carbocycles. The number of benzene rings is 1. The number of hydrogen-bond donors (Lipinski definition) is 2. The average Bonchev–Trinajstić information content (AvgIpc) is 2.37. The molecule has 4 nitrogen and oxygen atoms in total. The van der Waals surface area contributed by atoms with Crippen molar-refractivity contribution < 1.29 is 9.53 Å². The van der Waals surface area contributed by atoms with Crippen LogP contribution in [0.25, 0.3) is 0 Å². The van der Waals surface area contributed by atoms with Gasteiger partial charge < -0.3 is 15.8 Å². The molecule has 96 valence electrons. The predicted octanol–water partition coefficient (Wildman–Crippen LogP) is 1.57. The van der Waals surface area contributed by atoms with Crippen molar-refractivity contribution in [2.24, 2.45) is 0 Å². The Morgan fingerprint density at radius 3 is 2.89 bits per heavy atom. The van der Waals surface area contributed by atoms with Gasteiger partial charge in [0.1, 0.15) is 5.75 Å². The Morgan fingerprint density at radius 1 is 1.56 bits per heavy atom. The van der Waals surface area contributed by atoms with Crippen molar-refractivity contribution in [3.8, 4) is 18.1 Å². The lowest BCUT2D eigenvalue weighted by Gasteiger charge is -2.13. The van der Waals surface area contributed by atoms with Crippen molar-refractivity contribution in [1.29, 1.82) is 0 Å². The molecule has 0 aromatic heterocycles. The summed E-state index contributed by atoms with van der Waals surface area (Å²) >= 11 is 0. The van der Waals surface area contributed by atoms with Crippen LogP contribution in [0.5, 0.6) is 5.75 Å². The lowest BCUT2D eigenvalue weighted by molar-refractivity contribution is -0.123. The summed E-state index contributed by atoms with van der Waals surface area (Å²) in [4.78, 5) is 11.6. The summed E-state index contributed by atoms with van der Waals surface area (Å²) in [7, 11) is 0. The number of carbonyl (C=O) groups excluding carboxylic acids is 1. The van der Waals surface area contributed by atoms with Gasteiger partial charge in [-0.25, -0.2) is 0 Å². The minimum absolute atomic E-state index is 0.0872. The van der Waals surface area contributed by atoms with Crippen LogP contribution in [0.2, 0.25) is 0 Å². The van der Waals surface area contributed by atoms with Gasteiger partial charge in [-0.15, -0.1) is 6.42 Å². The van der Waals surface area contributed by atoms with E-state index in [2.05, 4.69) is 11.2 Å². The van der Waals surface area contributed by atoms with Gasteiger partial charge in [0, 0.05) is 0 Å². The van der Waals surface area contributed by atoms with E-state index in [0.717, 1.165) is 12.8 Å². The van der Waals surface area contributed by atoms with Crippen molar-refractivity contribution >= 4 is 11.6 Å². The maximum Gasteiger partial charge on any atom is 0.258 e. The molecule has 0 aliphatic rings. The Balaban J connectivity index is 2.42. The van der Waals surface area contributed by atoms with Gasteiger partial charge in [-0.2, -0.15) is 0 Å². The van der Waals surface area contributed by atoms with Crippen LogP contribution in [0.3, 0.4) is 0 Å². The highest BCUT2D eigenvalue weighted by Crippen LogP contribution is 2.19. The largest absolute Gasteiger partial charge is 0.482 e. The van der Waals surface area contributed by atoms with Gasteiger partial charge >= 0.3 is 0 Å².